The van der Waals surface area contributed by atoms with E-state index in [0.717, 1.165) is 28.3 Å². The minimum Gasteiger partial charge on any atom is -0.324 e. The molecule has 0 saturated carbocycles. The maximum absolute atomic E-state index is 6.19. The number of rotatable bonds is 3. The molecule has 0 amide bonds. The second-order valence-corrected chi connectivity index (χ2v) is 4.57. The molecule has 1 atom stereocenters. The van der Waals surface area contributed by atoms with Gasteiger partial charge in [-0.05, 0) is 42.3 Å². The summed E-state index contributed by atoms with van der Waals surface area (Å²) in [6, 6.07) is 11.6. The standard InChI is InChI=1S/C14H15ClN2/c1-10-8-11(15)5-6-13(10)14(16)9-12-4-2-3-7-17-12/h2-8,14H,9,16H2,1H3. The summed E-state index contributed by atoms with van der Waals surface area (Å²) in [5.41, 5.74) is 9.45. The molecule has 1 unspecified atom stereocenters. The van der Waals surface area contributed by atoms with Crippen LogP contribution in [-0.4, -0.2) is 4.98 Å². The molecule has 0 aliphatic heterocycles. The third kappa shape index (κ3) is 3.05. The van der Waals surface area contributed by atoms with Crippen LogP contribution in [0.3, 0.4) is 0 Å². The van der Waals surface area contributed by atoms with E-state index in [1.165, 1.54) is 0 Å². The zero-order valence-electron chi connectivity index (χ0n) is 9.73. The highest BCUT2D eigenvalue weighted by Gasteiger charge is 2.10. The molecule has 0 bridgehead atoms. The summed E-state index contributed by atoms with van der Waals surface area (Å²) >= 11 is 5.93. The van der Waals surface area contributed by atoms with Gasteiger partial charge in [-0.2, -0.15) is 0 Å². The van der Waals surface area contributed by atoms with Crippen molar-refractivity contribution in [3.8, 4) is 0 Å². The molecule has 0 aliphatic carbocycles. The Kier molecular flexibility index (Phi) is 3.77. The minimum absolute atomic E-state index is 0.0397. The zero-order valence-corrected chi connectivity index (χ0v) is 10.5. The van der Waals surface area contributed by atoms with Gasteiger partial charge in [0.15, 0.2) is 0 Å². The van der Waals surface area contributed by atoms with Gasteiger partial charge in [0.1, 0.15) is 0 Å². The Morgan fingerprint density at radius 2 is 2.12 bits per heavy atom. The number of aryl methyl sites for hydroxylation is 1. The molecule has 1 heterocycles. The van der Waals surface area contributed by atoms with Crippen LogP contribution in [0, 0.1) is 6.92 Å². The molecular formula is C14H15ClN2. The molecule has 2 nitrogen and oxygen atoms in total. The van der Waals surface area contributed by atoms with Gasteiger partial charge in [0.05, 0.1) is 0 Å². The van der Waals surface area contributed by atoms with Crippen molar-refractivity contribution in [2.75, 3.05) is 0 Å². The highest BCUT2D eigenvalue weighted by Crippen LogP contribution is 2.22. The van der Waals surface area contributed by atoms with Crippen molar-refractivity contribution in [3.63, 3.8) is 0 Å². The number of pyridine rings is 1. The van der Waals surface area contributed by atoms with Gasteiger partial charge in [-0.1, -0.05) is 23.7 Å². The Balaban J connectivity index is 2.17. The molecule has 0 spiro atoms. The number of nitrogens with two attached hydrogens (primary N) is 1. The largest absolute Gasteiger partial charge is 0.324 e. The van der Waals surface area contributed by atoms with Gasteiger partial charge in [0, 0.05) is 29.4 Å². The molecule has 1 aromatic heterocycles. The van der Waals surface area contributed by atoms with Gasteiger partial charge in [-0.3, -0.25) is 4.98 Å². The lowest BCUT2D eigenvalue weighted by atomic mass is 9.98. The molecule has 1 aromatic carbocycles. The SMILES string of the molecule is Cc1cc(Cl)ccc1C(N)Cc1ccccn1. The van der Waals surface area contributed by atoms with Crippen LogP contribution in [-0.2, 0) is 6.42 Å². The fourth-order valence-corrected chi connectivity index (χ4v) is 2.14. The van der Waals surface area contributed by atoms with Crippen LogP contribution in [0.1, 0.15) is 22.9 Å². The lowest BCUT2D eigenvalue weighted by Gasteiger charge is -2.14. The summed E-state index contributed by atoms with van der Waals surface area (Å²) in [4.78, 5) is 4.29. The van der Waals surface area contributed by atoms with Gasteiger partial charge in [-0.15, -0.1) is 0 Å². The molecule has 0 aliphatic rings. The van der Waals surface area contributed by atoms with Crippen molar-refractivity contribution < 1.29 is 0 Å². The molecule has 88 valence electrons. The van der Waals surface area contributed by atoms with Gasteiger partial charge in [0.25, 0.3) is 0 Å². The van der Waals surface area contributed by atoms with Crippen LogP contribution in [0.25, 0.3) is 0 Å². The van der Waals surface area contributed by atoms with Crippen LogP contribution in [0.15, 0.2) is 42.6 Å². The van der Waals surface area contributed by atoms with E-state index >= 15 is 0 Å². The number of nitrogens with zero attached hydrogens (tertiary/aromatic N) is 1. The highest BCUT2D eigenvalue weighted by molar-refractivity contribution is 6.30. The Bertz CT molecular complexity index is 497. The number of hydrogen-bond acceptors (Lipinski definition) is 2. The van der Waals surface area contributed by atoms with E-state index < -0.39 is 0 Å². The Morgan fingerprint density at radius 1 is 1.29 bits per heavy atom. The van der Waals surface area contributed by atoms with Crippen LogP contribution in [0.4, 0.5) is 0 Å². The highest BCUT2D eigenvalue weighted by atomic mass is 35.5. The maximum atomic E-state index is 6.19. The van der Waals surface area contributed by atoms with E-state index in [4.69, 9.17) is 17.3 Å². The molecule has 0 saturated heterocycles. The monoisotopic (exact) mass is 246 g/mol. The molecule has 2 N–H and O–H groups in total. The first-order valence-electron chi connectivity index (χ1n) is 5.58. The Morgan fingerprint density at radius 3 is 2.76 bits per heavy atom. The average molecular weight is 247 g/mol. The van der Waals surface area contributed by atoms with Crippen molar-refractivity contribution >= 4 is 11.6 Å². The number of aromatic nitrogens is 1. The molecule has 2 rings (SSSR count). The molecule has 0 radical (unpaired) electrons. The van der Waals surface area contributed by atoms with E-state index in [1.54, 1.807) is 6.20 Å². The van der Waals surface area contributed by atoms with Crippen LogP contribution < -0.4 is 5.73 Å². The van der Waals surface area contributed by atoms with Crippen molar-refractivity contribution in [2.24, 2.45) is 5.73 Å². The Labute approximate surface area is 106 Å². The maximum Gasteiger partial charge on any atom is 0.0422 e. The minimum atomic E-state index is -0.0397. The number of benzene rings is 1. The smallest absolute Gasteiger partial charge is 0.0422 e. The zero-order chi connectivity index (χ0) is 12.3. The third-order valence-electron chi connectivity index (χ3n) is 2.79. The van der Waals surface area contributed by atoms with Crippen LogP contribution in [0.5, 0.6) is 0 Å². The van der Waals surface area contributed by atoms with E-state index in [2.05, 4.69) is 4.98 Å². The summed E-state index contributed by atoms with van der Waals surface area (Å²) in [6.07, 6.45) is 2.53. The van der Waals surface area contributed by atoms with Gasteiger partial charge in [0.2, 0.25) is 0 Å². The first-order valence-corrected chi connectivity index (χ1v) is 5.96. The van der Waals surface area contributed by atoms with E-state index in [0.29, 0.717) is 0 Å². The van der Waals surface area contributed by atoms with Crippen molar-refractivity contribution in [1.82, 2.24) is 4.98 Å². The normalized spacial score (nSPS) is 12.4. The van der Waals surface area contributed by atoms with E-state index in [1.807, 2.05) is 43.3 Å². The van der Waals surface area contributed by atoms with Crippen LogP contribution in [0.2, 0.25) is 5.02 Å². The number of hydrogen-bond donors (Lipinski definition) is 1. The van der Waals surface area contributed by atoms with Gasteiger partial charge in [-0.25, -0.2) is 0 Å². The quantitative estimate of drug-likeness (QED) is 0.903. The summed E-state index contributed by atoms with van der Waals surface area (Å²) in [7, 11) is 0. The molecule has 0 fully saturated rings. The van der Waals surface area contributed by atoms with Crippen molar-refractivity contribution in [1.29, 1.82) is 0 Å². The second kappa shape index (κ2) is 5.30. The van der Waals surface area contributed by atoms with Crippen LogP contribution >= 0.6 is 11.6 Å². The summed E-state index contributed by atoms with van der Waals surface area (Å²) in [5.74, 6) is 0. The van der Waals surface area contributed by atoms with Crippen molar-refractivity contribution in [3.05, 3.63) is 64.4 Å². The fraction of sp³-hybridized carbons (Fsp3) is 0.214. The van der Waals surface area contributed by atoms with Crippen molar-refractivity contribution in [2.45, 2.75) is 19.4 Å². The predicted octanol–water partition coefficient (Wildman–Crippen LogP) is 3.29. The second-order valence-electron chi connectivity index (χ2n) is 4.13. The summed E-state index contributed by atoms with van der Waals surface area (Å²) in [5, 5.41) is 0.747. The molecular weight excluding hydrogens is 232 g/mol. The Hall–Kier alpha value is -1.38. The summed E-state index contributed by atoms with van der Waals surface area (Å²) < 4.78 is 0. The van der Waals surface area contributed by atoms with Gasteiger partial charge >= 0.3 is 0 Å². The van der Waals surface area contributed by atoms with E-state index in [-0.39, 0.29) is 6.04 Å². The topological polar surface area (TPSA) is 38.9 Å². The predicted molar refractivity (Wildman–Crippen MR) is 71.1 cm³/mol. The van der Waals surface area contributed by atoms with Gasteiger partial charge < -0.3 is 5.73 Å². The fourth-order valence-electron chi connectivity index (χ4n) is 1.91. The van der Waals surface area contributed by atoms with E-state index in [9.17, 15) is 0 Å². The molecule has 2 aromatic rings. The average Bonchev–Trinajstić information content (AvgIpc) is 2.30. The summed E-state index contributed by atoms with van der Waals surface area (Å²) in [6.45, 7) is 2.03. The third-order valence-corrected chi connectivity index (χ3v) is 3.02. The molecule has 3 heteroatoms. The first kappa shape index (κ1) is 12.1. The lowest BCUT2D eigenvalue weighted by molar-refractivity contribution is 0.702. The first-order chi connectivity index (χ1) is 8.16. The number of halogens is 1. The molecule has 17 heavy (non-hydrogen) atoms. The lowest BCUT2D eigenvalue weighted by Crippen LogP contribution is -2.15.